The molecule has 0 radical (unpaired) electrons. The summed E-state index contributed by atoms with van der Waals surface area (Å²) in [6, 6.07) is 6.35. The van der Waals surface area contributed by atoms with Crippen molar-refractivity contribution in [1.29, 1.82) is 0 Å². The van der Waals surface area contributed by atoms with E-state index in [1.54, 1.807) is 7.11 Å². The topological polar surface area (TPSA) is 38.5 Å². The molecular formula is C14H22Cl2N2O. The number of hydrogen-bond acceptors (Lipinski definition) is 3. The van der Waals surface area contributed by atoms with Crippen molar-refractivity contribution in [2.75, 3.05) is 20.2 Å². The Labute approximate surface area is 126 Å². The Morgan fingerprint density at radius 3 is 2.79 bits per heavy atom. The van der Waals surface area contributed by atoms with Crippen molar-refractivity contribution in [2.45, 2.75) is 25.9 Å². The molecule has 0 aliphatic carbocycles. The highest BCUT2D eigenvalue weighted by Crippen LogP contribution is 2.29. The van der Waals surface area contributed by atoms with E-state index in [1.807, 2.05) is 18.2 Å². The Hall–Kier alpha value is -0.480. The molecule has 108 valence electrons. The fourth-order valence-corrected chi connectivity index (χ4v) is 2.89. The van der Waals surface area contributed by atoms with Gasteiger partial charge in [-0.3, -0.25) is 4.90 Å². The third-order valence-electron chi connectivity index (χ3n) is 3.74. The lowest BCUT2D eigenvalue weighted by Crippen LogP contribution is -2.27. The molecule has 2 unspecified atom stereocenters. The van der Waals surface area contributed by atoms with Gasteiger partial charge in [0, 0.05) is 29.7 Å². The SMILES string of the molecule is COc1ccc(Cl)cc1CN1CC(CN)CC1C.Cl. The Kier molecular flexibility index (Phi) is 6.40. The summed E-state index contributed by atoms with van der Waals surface area (Å²) < 4.78 is 5.39. The summed E-state index contributed by atoms with van der Waals surface area (Å²) >= 11 is 6.06. The first-order valence-corrected chi connectivity index (χ1v) is 6.78. The second-order valence-corrected chi connectivity index (χ2v) is 5.51. The van der Waals surface area contributed by atoms with E-state index in [1.165, 1.54) is 6.42 Å². The molecule has 1 aromatic carbocycles. The Morgan fingerprint density at radius 1 is 1.47 bits per heavy atom. The van der Waals surface area contributed by atoms with Crippen LogP contribution in [0.2, 0.25) is 5.02 Å². The van der Waals surface area contributed by atoms with E-state index in [9.17, 15) is 0 Å². The van der Waals surface area contributed by atoms with Crippen LogP contribution in [-0.4, -0.2) is 31.1 Å². The van der Waals surface area contributed by atoms with Crippen LogP contribution in [0.5, 0.6) is 5.75 Å². The number of methoxy groups -OCH3 is 1. The molecule has 1 aromatic rings. The molecule has 0 saturated carbocycles. The maximum atomic E-state index is 6.06. The van der Waals surface area contributed by atoms with Gasteiger partial charge in [-0.15, -0.1) is 12.4 Å². The van der Waals surface area contributed by atoms with E-state index in [-0.39, 0.29) is 12.4 Å². The number of nitrogens with zero attached hydrogens (tertiary/aromatic N) is 1. The van der Waals surface area contributed by atoms with Crippen LogP contribution in [0.25, 0.3) is 0 Å². The standard InChI is InChI=1S/C14H21ClN2O.ClH/c1-10-5-11(7-16)8-17(10)9-12-6-13(15)3-4-14(12)18-2;/h3-4,6,10-11H,5,7-9,16H2,1-2H3;1H. The van der Waals surface area contributed by atoms with Crippen molar-refractivity contribution in [3.63, 3.8) is 0 Å². The van der Waals surface area contributed by atoms with Gasteiger partial charge in [0.25, 0.3) is 0 Å². The average molecular weight is 305 g/mol. The normalized spacial score (nSPS) is 23.2. The maximum absolute atomic E-state index is 6.06. The number of ether oxygens (including phenoxy) is 1. The number of halogens is 2. The molecule has 1 heterocycles. The highest BCUT2D eigenvalue weighted by molar-refractivity contribution is 6.30. The number of nitrogens with two attached hydrogens (primary N) is 1. The molecule has 2 rings (SSSR count). The van der Waals surface area contributed by atoms with Gasteiger partial charge in [0.05, 0.1) is 7.11 Å². The largest absolute Gasteiger partial charge is 0.496 e. The first kappa shape index (κ1) is 16.6. The molecule has 5 heteroatoms. The molecule has 1 saturated heterocycles. The zero-order chi connectivity index (χ0) is 13.1. The Morgan fingerprint density at radius 2 is 2.21 bits per heavy atom. The van der Waals surface area contributed by atoms with Crippen molar-refractivity contribution in [1.82, 2.24) is 4.90 Å². The molecule has 1 aliphatic rings. The molecule has 1 fully saturated rings. The van der Waals surface area contributed by atoms with Crippen molar-refractivity contribution in [2.24, 2.45) is 11.7 Å². The summed E-state index contributed by atoms with van der Waals surface area (Å²) in [5.74, 6) is 1.52. The monoisotopic (exact) mass is 304 g/mol. The van der Waals surface area contributed by atoms with Crippen LogP contribution >= 0.6 is 24.0 Å². The summed E-state index contributed by atoms with van der Waals surface area (Å²) in [7, 11) is 1.70. The van der Waals surface area contributed by atoms with Crippen LogP contribution in [-0.2, 0) is 6.54 Å². The number of hydrogen-bond donors (Lipinski definition) is 1. The maximum Gasteiger partial charge on any atom is 0.123 e. The van der Waals surface area contributed by atoms with E-state index < -0.39 is 0 Å². The molecule has 0 bridgehead atoms. The van der Waals surface area contributed by atoms with Gasteiger partial charge in [0.2, 0.25) is 0 Å². The number of benzene rings is 1. The molecule has 1 aliphatic heterocycles. The second kappa shape index (κ2) is 7.34. The van der Waals surface area contributed by atoms with Crippen LogP contribution in [0.1, 0.15) is 18.9 Å². The predicted octanol–water partition coefficient (Wildman–Crippen LogP) is 2.94. The summed E-state index contributed by atoms with van der Waals surface area (Å²) in [5, 5.41) is 0.757. The molecule has 0 aromatic heterocycles. The minimum Gasteiger partial charge on any atom is -0.496 e. The van der Waals surface area contributed by atoms with Crippen molar-refractivity contribution >= 4 is 24.0 Å². The van der Waals surface area contributed by atoms with Crippen LogP contribution in [0.3, 0.4) is 0 Å². The zero-order valence-corrected chi connectivity index (χ0v) is 13.0. The van der Waals surface area contributed by atoms with Gasteiger partial charge < -0.3 is 10.5 Å². The van der Waals surface area contributed by atoms with E-state index >= 15 is 0 Å². The molecule has 0 amide bonds. The third kappa shape index (κ3) is 3.99. The van der Waals surface area contributed by atoms with E-state index in [0.29, 0.717) is 12.0 Å². The average Bonchev–Trinajstić information content (AvgIpc) is 2.71. The lowest BCUT2D eigenvalue weighted by atomic mass is 10.1. The fraction of sp³-hybridized carbons (Fsp3) is 0.571. The van der Waals surface area contributed by atoms with Gasteiger partial charge in [0.15, 0.2) is 0 Å². The molecule has 0 spiro atoms. The van der Waals surface area contributed by atoms with Gasteiger partial charge in [-0.25, -0.2) is 0 Å². The number of likely N-dealkylation sites (tertiary alicyclic amines) is 1. The highest BCUT2D eigenvalue weighted by Gasteiger charge is 2.28. The van der Waals surface area contributed by atoms with Crippen LogP contribution in [0.4, 0.5) is 0 Å². The minimum atomic E-state index is 0. The van der Waals surface area contributed by atoms with Gasteiger partial charge in [-0.05, 0) is 44.0 Å². The zero-order valence-electron chi connectivity index (χ0n) is 11.4. The van der Waals surface area contributed by atoms with Crippen LogP contribution in [0, 0.1) is 5.92 Å². The Balaban J connectivity index is 0.00000180. The molecule has 3 nitrogen and oxygen atoms in total. The van der Waals surface area contributed by atoms with Crippen LogP contribution < -0.4 is 10.5 Å². The lowest BCUT2D eigenvalue weighted by Gasteiger charge is -2.22. The van der Waals surface area contributed by atoms with E-state index in [2.05, 4.69) is 11.8 Å². The summed E-state index contributed by atoms with van der Waals surface area (Å²) in [4.78, 5) is 2.45. The van der Waals surface area contributed by atoms with Gasteiger partial charge in [-0.1, -0.05) is 11.6 Å². The van der Waals surface area contributed by atoms with Gasteiger partial charge >= 0.3 is 0 Å². The van der Waals surface area contributed by atoms with Crippen LogP contribution in [0.15, 0.2) is 18.2 Å². The molecule has 2 atom stereocenters. The highest BCUT2D eigenvalue weighted by atomic mass is 35.5. The first-order chi connectivity index (χ1) is 8.63. The predicted molar refractivity (Wildman–Crippen MR) is 82.3 cm³/mol. The summed E-state index contributed by atoms with van der Waals surface area (Å²) in [6.45, 7) is 4.97. The van der Waals surface area contributed by atoms with Gasteiger partial charge in [-0.2, -0.15) is 0 Å². The quantitative estimate of drug-likeness (QED) is 0.929. The second-order valence-electron chi connectivity index (χ2n) is 5.07. The summed E-state index contributed by atoms with van der Waals surface area (Å²) in [5.41, 5.74) is 6.91. The Bertz CT molecular complexity index is 414. The third-order valence-corrected chi connectivity index (χ3v) is 3.97. The molecule has 2 N–H and O–H groups in total. The summed E-state index contributed by atoms with van der Waals surface area (Å²) in [6.07, 6.45) is 1.18. The molecule has 19 heavy (non-hydrogen) atoms. The number of rotatable bonds is 4. The minimum absolute atomic E-state index is 0. The van der Waals surface area contributed by atoms with E-state index in [0.717, 1.165) is 36.0 Å². The fourth-order valence-electron chi connectivity index (χ4n) is 2.70. The molecular weight excluding hydrogens is 283 g/mol. The lowest BCUT2D eigenvalue weighted by molar-refractivity contribution is 0.251. The smallest absolute Gasteiger partial charge is 0.123 e. The van der Waals surface area contributed by atoms with Crippen molar-refractivity contribution in [3.8, 4) is 5.75 Å². The first-order valence-electron chi connectivity index (χ1n) is 6.40. The van der Waals surface area contributed by atoms with E-state index in [4.69, 9.17) is 22.1 Å². The van der Waals surface area contributed by atoms with Crippen molar-refractivity contribution < 1.29 is 4.74 Å². The van der Waals surface area contributed by atoms with Crippen molar-refractivity contribution in [3.05, 3.63) is 28.8 Å². The van der Waals surface area contributed by atoms with Gasteiger partial charge in [0.1, 0.15) is 5.75 Å².